The van der Waals surface area contributed by atoms with Crippen molar-refractivity contribution in [3.8, 4) is 11.4 Å². The maximum absolute atomic E-state index is 14.9. The number of hydrogen-bond donors (Lipinski definition) is 3. The van der Waals surface area contributed by atoms with E-state index in [0.29, 0.717) is 80.3 Å². The molecule has 2 aliphatic rings. The van der Waals surface area contributed by atoms with Gasteiger partial charge in [-0.3, -0.25) is 9.59 Å². The van der Waals surface area contributed by atoms with Crippen molar-refractivity contribution >= 4 is 29.0 Å². The van der Waals surface area contributed by atoms with E-state index < -0.39 is 5.91 Å². The number of H-pyrrole nitrogens is 1. The van der Waals surface area contributed by atoms with Gasteiger partial charge in [0, 0.05) is 52.3 Å². The van der Waals surface area contributed by atoms with Crippen LogP contribution in [-0.4, -0.2) is 82.5 Å². The number of anilines is 3. The first-order valence-corrected chi connectivity index (χ1v) is 13.3. The van der Waals surface area contributed by atoms with Gasteiger partial charge in [0.25, 0.3) is 5.91 Å². The molecule has 2 saturated heterocycles. The van der Waals surface area contributed by atoms with Crippen LogP contribution in [0.15, 0.2) is 30.5 Å². The summed E-state index contributed by atoms with van der Waals surface area (Å²) in [6, 6.07) is 6.53. The number of rotatable bonds is 6. The summed E-state index contributed by atoms with van der Waals surface area (Å²) in [6.07, 6.45) is 3.32. The van der Waals surface area contributed by atoms with Crippen LogP contribution in [0.3, 0.4) is 0 Å². The maximum Gasteiger partial charge on any atom is 0.291 e. The first-order valence-electron chi connectivity index (χ1n) is 13.3. The fourth-order valence-electron chi connectivity index (χ4n) is 5.18. The third kappa shape index (κ3) is 5.85. The van der Waals surface area contributed by atoms with E-state index >= 15 is 0 Å². The zero-order chi connectivity index (χ0) is 27.5. The van der Waals surface area contributed by atoms with Gasteiger partial charge in [-0.2, -0.15) is 0 Å². The fourth-order valence-corrected chi connectivity index (χ4v) is 5.18. The second-order valence-electron chi connectivity index (χ2n) is 10.1. The number of benzene rings is 1. The molecule has 5 rings (SSSR count). The number of imidazole rings is 1. The van der Waals surface area contributed by atoms with Crippen molar-refractivity contribution in [1.82, 2.24) is 24.8 Å². The average Bonchev–Trinajstić information content (AvgIpc) is 3.44. The molecule has 3 aromatic rings. The molecule has 0 radical (unpaired) electrons. The monoisotopic (exact) mass is 535 g/mol. The highest BCUT2D eigenvalue weighted by molar-refractivity contribution is 6.04. The minimum absolute atomic E-state index is 0.0685. The molecule has 2 aliphatic heterocycles. The van der Waals surface area contributed by atoms with Gasteiger partial charge in [0.15, 0.2) is 5.82 Å². The van der Waals surface area contributed by atoms with Crippen LogP contribution in [0.2, 0.25) is 0 Å². The molecule has 1 aromatic carbocycles. The lowest BCUT2D eigenvalue weighted by Gasteiger charge is -2.35. The summed E-state index contributed by atoms with van der Waals surface area (Å²) < 4.78 is 14.9. The molecule has 4 heterocycles. The lowest BCUT2D eigenvalue weighted by molar-refractivity contribution is -0.129. The summed E-state index contributed by atoms with van der Waals surface area (Å²) in [5.74, 6) is 1.07. The normalized spacial score (nSPS) is 16.5. The van der Waals surface area contributed by atoms with E-state index in [2.05, 4.69) is 30.2 Å². The molecule has 12 heteroatoms. The van der Waals surface area contributed by atoms with E-state index in [4.69, 9.17) is 5.73 Å². The zero-order valence-corrected chi connectivity index (χ0v) is 22.3. The van der Waals surface area contributed by atoms with Gasteiger partial charge in [-0.1, -0.05) is 6.07 Å². The van der Waals surface area contributed by atoms with Gasteiger partial charge in [0.2, 0.25) is 5.91 Å². The highest BCUT2D eigenvalue weighted by Crippen LogP contribution is 2.33. The van der Waals surface area contributed by atoms with Gasteiger partial charge in [-0.15, -0.1) is 0 Å². The third-order valence-corrected chi connectivity index (χ3v) is 7.44. The Morgan fingerprint density at radius 2 is 1.85 bits per heavy atom. The Kier molecular flexibility index (Phi) is 7.73. The SMILES string of the molecule is CC(=O)N1CCN(c2cc(-c3cnc(C(=O)Nc4cccc(F)c4N4CCC(CN)CC4)[nH]3)nc(C)n2)CC1. The standard InChI is InChI=1S/C27H34FN9O2/c1-17-31-22(14-24(32-17)36-12-10-35(11-13-36)18(2)38)23-16-30-26(33-23)27(39)34-21-5-3-4-20(28)25(21)37-8-6-19(15-29)7-9-37/h3-5,14,16,19H,6-13,15,29H2,1-2H3,(H,30,33)(H,34,39). The van der Waals surface area contributed by atoms with E-state index in [1.165, 1.54) is 6.07 Å². The molecule has 2 amide bonds. The Bertz CT molecular complexity index is 1340. The molecule has 0 atom stereocenters. The van der Waals surface area contributed by atoms with Crippen LogP contribution in [0.25, 0.3) is 11.4 Å². The number of para-hydroxylation sites is 1. The number of carbonyl (C=O) groups is 2. The third-order valence-electron chi connectivity index (χ3n) is 7.44. The largest absolute Gasteiger partial charge is 0.367 e. The van der Waals surface area contributed by atoms with Gasteiger partial charge in [-0.05, 0) is 44.4 Å². The lowest BCUT2D eigenvalue weighted by atomic mass is 9.96. The van der Waals surface area contributed by atoms with Gasteiger partial charge in [-0.25, -0.2) is 19.3 Å². The predicted molar refractivity (Wildman–Crippen MR) is 147 cm³/mol. The number of hydrogen-bond acceptors (Lipinski definition) is 8. The molecule has 206 valence electrons. The van der Waals surface area contributed by atoms with Crippen LogP contribution in [-0.2, 0) is 4.79 Å². The highest BCUT2D eigenvalue weighted by atomic mass is 19.1. The molecule has 0 aliphatic carbocycles. The Morgan fingerprint density at radius 3 is 2.54 bits per heavy atom. The summed E-state index contributed by atoms with van der Waals surface area (Å²) in [4.78, 5) is 47.1. The number of aryl methyl sites for hydroxylation is 1. The topological polar surface area (TPSA) is 136 Å². The number of halogens is 1. The van der Waals surface area contributed by atoms with Crippen molar-refractivity contribution in [3.05, 3.63) is 47.9 Å². The van der Waals surface area contributed by atoms with Gasteiger partial charge < -0.3 is 30.7 Å². The second-order valence-corrected chi connectivity index (χ2v) is 10.1. The maximum atomic E-state index is 14.9. The molecule has 4 N–H and O–H groups in total. The summed E-state index contributed by atoms with van der Waals surface area (Å²) in [5.41, 5.74) is 7.76. The lowest BCUT2D eigenvalue weighted by Crippen LogP contribution is -2.48. The summed E-state index contributed by atoms with van der Waals surface area (Å²) >= 11 is 0. The zero-order valence-electron chi connectivity index (χ0n) is 22.3. The Hall–Kier alpha value is -4.06. The van der Waals surface area contributed by atoms with Crippen LogP contribution in [0.4, 0.5) is 21.6 Å². The van der Waals surface area contributed by atoms with Crippen molar-refractivity contribution in [3.63, 3.8) is 0 Å². The molecule has 2 fully saturated rings. The van der Waals surface area contributed by atoms with Crippen LogP contribution >= 0.6 is 0 Å². The number of piperidine rings is 1. The molecule has 0 bridgehead atoms. The number of nitrogens with zero attached hydrogens (tertiary/aromatic N) is 6. The molecule has 2 aromatic heterocycles. The highest BCUT2D eigenvalue weighted by Gasteiger charge is 2.25. The van der Waals surface area contributed by atoms with Crippen molar-refractivity contribution < 1.29 is 14.0 Å². The molecule has 0 spiro atoms. The minimum atomic E-state index is -0.476. The summed E-state index contributed by atoms with van der Waals surface area (Å²) in [5, 5.41) is 2.83. The first kappa shape index (κ1) is 26.5. The second kappa shape index (κ2) is 11.4. The van der Waals surface area contributed by atoms with Gasteiger partial charge >= 0.3 is 0 Å². The molecule has 0 unspecified atom stereocenters. The predicted octanol–water partition coefficient (Wildman–Crippen LogP) is 2.41. The van der Waals surface area contributed by atoms with Crippen LogP contribution in [0.1, 0.15) is 36.2 Å². The number of aromatic amines is 1. The van der Waals surface area contributed by atoms with E-state index in [-0.39, 0.29) is 17.5 Å². The number of nitrogens with one attached hydrogen (secondary N) is 2. The molecule has 11 nitrogen and oxygen atoms in total. The summed E-state index contributed by atoms with van der Waals surface area (Å²) in [6.45, 7) is 7.98. The van der Waals surface area contributed by atoms with Gasteiger partial charge in [0.1, 0.15) is 17.5 Å². The number of nitrogens with two attached hydrogens (primary N) is 1. The number of piperazine rings is 1. The molecular formula is C27H34FN9O2. The molecular weight excluding hydrogens is 501 g/mol. The minimum Gasteiger partial charge on any atom is -0.367 e. The van der Waals surface area contributed by atoms with Crippen molar-refractivity contribution in [2.24, 2.45) is 11.7 Å². The van der Waals surface area contributed by atoms with Crippen molar-refractivity contribution in [2.45, 2.75) is 26.7 Å². The van der Waals surface area contributed by atoms with Crippen molar-refractivity contribution in [2.75, 3.05) is 60.9 Å². The molecule has 39 heavy (non-hydrogen) atoms. The Labute approximate surface area is 226 Å². The van der Waals surface area contributed by atoms with E-state index in [0.717, 1.165) is 18.7 Å². The van der Waals surface area contributed by atoms with E-state index in [1.807, 2.05) is 22.8 Å². The fraction of sp³-hybridized carbons (Fsp3) is 0.444. The molecule has 0 saturated carbocycles. The number of carbonyl (C=O) groups excluding carboxylic acids is 2. The Balaban J connectivity index is 1.31. The van der Waals surface area contributed by atoms with Crippen LogP contribution < -0.4 is 20.9 Å². The first-order chi connectivity index (χ1) is 18.8. The quantitative estimate of drug-likeness (QED) is 0.438. The van der Waals surface area contributed by atoms with E-state index in [1.54, 1.807) is 25.3 Å². The number of aromatic nitrogens is 4. The summed E-state index contributed by atoms with van der Waals surface area (Å²) in [7, 11) is 0. The average molecular weight is 536 g/mol. The van der Waals surface area contributed by atoms with Crippen LogP contribution in [0.5, 0.6) is 0 Å². The smallest absolute Gasteiger partial charge is 0.291 e. The number of amides is 2. The van der Waals surface area contributed by atoms with Gasteiger partial charge in [0.05, 0.1) is 29.0 Å². The van der Waals surface area contributed by atoms with E-state index in [9.17, 15) is 14.0 Å². The Morgan fingerprint density at radius 1 is 1.10 bits per heavy atom. The van der Waals surface area contributed by atoms with Crippen molar-refractivity contribution in [1.29, 1.82) is 0 Å². The van der Waals surface area contributed by atoms with Crippen LogP contribution in [0, 0.1) is 18.7 Å².